The number of amides is 1. The number of ether oxygens (including phenoxy) is 2. The topological polar surface area (TPSA) is 81.7 Å². The van der Waals surface area contributed by atoms with E-state index in [4.69, 9.17) is 4.74 Å². The fourth-order valence-corrected chi connectivity index (χ4v) is 2.41. The molecule has 6 heteroatoms. The number of carbonyl (C=O) groups excluding carboxylic acids is 3. The van der Waals surface area contributed by atoms with Crippen LogP contribution in [-0.4, -0.2) is 38.1 Å². The number of nitrogens with one attached hydrogen (secondary N) is 1. The molecule has 0 radical (unpaired) electrons. The Morgan fingerprint density at radius 1 is 1.00 bits per heavy atom. The molecule has 0 bridgehead atoms. The van der Waals surface area contributed by atoms with Gasteiger partial charge in [0.05, 0.1) is 14.2 Å². The summed E-state index contributed by atoms with van der Waals surface area (Å²) in [4.78, 5) is 35.7. The van der Waals surface area contributed by atoms with Crippen LogP contribution < -0.4 is 5.32 Å². The molecule has 2 aromatic carbocycles. The summed E-state index contributed by atoms with van der Waals surface area (Å²) in [6, 6.07) is 11.9. The molecule has 0 aliphatic rings. The Bertz CT molecular complexity index is 751. The molecule has 1 amide bonds. The molecule has 126 valence electrons. The standard InChI is InChI=1S/C18H19NO5/c1-23-16(20)11-10-15(18(22)24-2)19-17(21)14-9-5-7-12-6-3-4-8-13(12)14/h3-9,15H,10-11H2,1-2H3,(H,19,21)/t15-/m1/s1. The van der Waals surface area contributed by atoms with Crippen LogP contribution in [0.2, 0.25) is 0 Å². The number of methoxy groups -OCH3 is 2. The van der Waals surface area contributed by atoms with Crippen LogP contribution in [0.15, 0.2) is 42.5 Å². The van der Waals surface area contributed by atoms with Crippen LogP contribution in [0.1, 0.15) is 23.2 Å². The summed E-state index contributed by atoms with van der Waals surface area (Å²) in [6.45, 7) is 0. The average molecular weight is 329 g/mol. The van der Waals surface area contributed by atoms with Gasteiger partial charge in [0.15, 0.2) is 0 Å². The second-order valence-electron chi connectivity index (χ2n) is 5.19. The summed E-state index contributed by atoms with van der Waals surface area (Å²) in [6.07, 6.45) is 0.113. The fourth-order valence-electron chi connectivity index (χ4n) is 2.41. The van der Waals surface area contributed by atoms with Crippen LogP contribution in [0, 0.1) is 0 Å². The SMILES string of the molecule is COC(=O)CC[C@@H](NC(=O)c1cccc2ccccc12)C(=O)OC. The van der Waals surface area contributed by atoms with Crippen molar-refractivity contribution >= 4 is 28.6 Å². The van der Waals surface area contributed by atoms with Gasteiger partial charge in [-0.05, 0) is 23.3 Å². The predicted octanol–water partition coefficient (Wildman–Crippen LogP) is 2.06. The van der Waals surface area contributed by atoms with E-state index in [0.717, 1.165) is 10.8 Å². The molecule has 0 saturated heterocycles. The van der Waals surface area contributed by atoms with Crippen molar-refractivity contribution in [1.29, 1.82) is 0 Å². The lowest BCUT2D eigenvalue weighted by Crippen LogP contribution is -2.42. The second-order valence-corrected chi connectivity index (χ2v) is 5.19. The smallest absolute Gasteiger partial charge is 0.328 e. The molecule has 0 aromatic heterocycles. The first-order chi connectivity index (χ1) is 11.6. The van der Waals surface area contributed by atoms with Gasteiger partial charge >= 0.3 is 11.9 Å². The van der Waals surface area contributed by atoms with Gasteiger partial charge in [-0.2, -0.15) is 0 Å². The second kappa shape index (κ2) is 8.10. The highest BCUT2D eigenvalue weighted by Gasteiger charge is 2.23. The first-order valence-electron chi connectivity index (χ1n) is 7.50. The van der Waals surface area contributed by atoms with Crippen LogP contribution in [0.25, 0.3) is 10.8 Å². The number of fused-ring (bicyclic) bond motifs is 1. The van der Waals surface area contributed by atoms with Gasteiger partial charge < -0.3 is 14.8 Å². The van der Waals surface area contributed by atoms with Gasteiger partial charge in [-0.25, -0.2) is 4.79 Å². The summed E-state index contributed by atoms with van der Waals surface area (Å²) < 4.78 is 9.25. The highest BCUT2D eigenvalue weighted by Crippen LogP contribution is 2.18. The normalized spacial score (nSPS) is 11.6. The zero-order valence-corrected chi connectivity index (χ0v) is 13.6. The van der Waals surface area contributed by atoms with Crippen molar-refractivity contribution in [2.75, 3.05) is 14.2 Å². The summed E-state index contributed by atoms with van der Waals surface area (Å²) >= 11 is 0. The average Bonchev–Trinajstić information content (AvgIpc) is 2.63. The van der Waals surface area contributed by atoms with E-state index in [9.17, 15) is 14.4 Å². The number of esters is 2. The molecule has 0 aliphatic heterocycles. The van der Waals surface area contributed by atoms with Crippen LogP contribution in [0.3, 0.4) is 0 Å². The summed E-state index contributed by atoms with van der Waals surface area (Å²) in [7, 11) is 2.50. The molecule has 0 aliphatic carbocycles. The van der Waals surface area contributed by atoms with Gasteiger partial charge in [-0.15, -0.1) is 0 Å². The first kappa shape index (κ1) is 17.5. The number of benzene rings is 2. The zero-order valence-electron chi connectivity index (χ0n) is 13.6. The van der Waals surface area contributed by atoms with Crippen molar-refractivity contribution in [2.45, 2.75) is 18.9 Å². The van der Waals surface area contributed by atoms with E-state index < -0.39 is 23.9 Å². The third-order valence-electron chi connectivity index (χ3n) is 3.69. The molecular weight excluding hydrogens is 310 g/mol. The molecule has 1 atom stereocenters. The molecule has 0 unspecified atom stereocenters. The Balaban J connectivity index is 2.19. The zero-order chi connectivity index (χ0) is 17.5. The van der Waals surface area contributed by atoms with Gasteiger partial charge in [-0.1, -0.05) is 36.4 Å². The summed E-state index contributed by atoms with van der Waals surface area (Å²) in [5.41, 5.74) is 0.458. The molecular formula is C18H19NO5. The molecule has 0 heterocycles. The molecule has 24 heavy (non-hydrogen) atoms. The van der Waals surface area contributed by atoms with Crippen molar-refractivity contribution in [2.24, 2.45) is 0 Å². The Labute approximate surface area is 139 Å². The Morgan fingerprint density at radius 3 is 2.42 bits per heavy atom. The molecule has 2 rings (SSSR count). The highest BCUT2D eigenvalue weighted by atomic mass is 16.5. The molecule has 0 fully saturated rings. The van der Waals surface area contributed by atoms with Gasteiger partial charge in [-0.3, -0.25) is 9.59 Å². The van der Waals surface area contributed by atoms with E-state index in [1.54, 1.807) is 12.1 Å². The maximum atomic E-state index is 12.6. The first-order valence-corrected chi connectivity index (χ1v) is 7.50. The molecule has 0 saturated carbocycles. The van der Waals surface area contributed by atoms with Crippen LogP contribution >= 0.6 is 0 Å². The van der Waals surface area contributed by atoms with Crippen molar-refractivity contribution in [3.63, 3.8) is 0 Å². The summed E-state index contributed by atoms with van der Waals surface area (Å²) in [5.74, 6) is -1.46. The van der Waals surface area contributed by atoms with E-state index in [0.29, 0.717) is 5.56 Å². The lowest BCUT2D eigenvalue weighted by molar-refractivity contribution is -0.144. The van der Waals surface area contributed by atoms with E-state index in [1.807, 2.05) is 30.3 Å². The van der Waals surface area contributed by atoms with Crippen molar-refractivity contribution in [1.82, 2.24) is 5.32 Å². The van der Waals surface area contributed by atoms with Gasteiger partial charge in [0.25, 0.3) is 5.91 Å². The van der Waals surface area contributed by atoms with Gasteiger partial charge in [0, 0.05) is 12.0 Å². The number of hydrogen-bond donors (Lipinski definition) is 1. The van der Waals surface area contributed by atoms with E-state index in [1.165, 1.54) is 14.2 Å². The minimum Gasteiger partial charge on any atom is -0.469 e. The lowest BCUT2D eigenvalue weighted by atomic mass is 10.0. The number of rotatable bonds is 6. The third kappa shape index (κ3) is 4.10. The van der Waals surface area contributed by atoms with Crippen LogP contribution in [0.5, 0.6) is 0 Å². The minimum absolute atomic E-state index is 0.00604. The number of hydrogen-bond acceptors (Lipinski definition) is 5. The van der Waals surface area contributed by atoms with Crippen molar-refractivity contribution in [3.8, 4) is 0 Å². The van der Waals surface area contributed by atoms with E-state index in [-0.39, 0.29) is 12.8 Å². The van der Waals surface area contributed by atoms with Crippen LogP contribution in [0.4, 0.5) is 0 Å². The maximum Gasteiger partial charge on any atom is 0.328 e. The monoisotopic (exact) mass is 329 g/mol. The Hall–Kier alpha value is -2.89. The Morgan fingerprint density at radius 2 is 1.71 bits per heavy atom. The van der Waals surface area contributed by atoms with E-state index >= 15 is 0 Å². The van der Waals surface area contributed by atoms with E-state index in [2.05, 4.69) is 10.1 Å². The highest BCUT2D eigenvalue weighted by molar-refractivity contribution is 6.08. The van der Waals surface area contributed by atoms with Gasteiger partial charge in [0.1, 0.15) is 6.04 Å². The molecule has 2 aromatic rings. The largest absolute Gasteiger partial charge is 0.469 e. The molecule has 6 nitrogen and oxygen atoms in total. The van der Waals surface area contributed by atoms with Crippen molar-refractivity contribution in [3.05, 3.63) is 48.0 Å². The fraction of sp³-hybridized carbons (Fsp3) is 0.278. The minimum atomic E-state index is -0.916. The quantitative estimate of drug-likeness (QED) is 0.821. The van der Waals surface area contributed by atoms with Crippen molar-refractivity contribution < 1.29 is 23.9 Å². The molecule has 0 spiro atoms. The summed E-state index contributed by atoms with van der Waals surface area (Å²) in [5, 5.41) is 4.35. The third-order valence-corrected chi connectivity index (χ3v) is 3.69. The Kier molecular flexibility index (Phi) is 5.89. The lowest BCUT2D eigenvalue weighted by Gasteiger charge is -2.16. The van der Waals surface area contributed by atoms with Gasteiger partial charge in [0.2, 0.25) is 0 Å². The molecule has 1 N–H and O–H groups in total. The number of carbonyl (C=O) groups is 3. The van der Waals surface area contributed by atoms with Crippen LogP contribution in [-0.2, 0) is 19.1 Å². The predicted molar refractivity (Wildman–Crippen MR) is 88.5 cm³/mol. The maximum absolute atomic E-state index is 12.6.